The van der Waals surface area contributed by atoms with Crippen LogP contribution in [0.15, 0.2) is 30.3 Å². The second-order valence-electron chi connectivity index (χ2n) is 3.45. The Morgan fingerprint density at radius 1 is 1.21 bits per heavy atom. The smallest absolute Gasteiger partial charge is 0.131 e. The van der Waals surface area contributed by atoms with Gasteiger partial charge in [-0.3, -0.25) is 0 Å². The van der Waals surface area contributed by atoms with Crippen molar-refractivity contribution in [2.45, 2.75) is 13.5 Å². The van der Waals surface area contributed by atoms with Crippen molar-refractivity contribution in [3.05, 3.63) is 47.3 Å². The highest BCUT2D eigenvalue weighted by Crippen LogP contribution is 2.22. The van der Waals surface area contributed by atoms with Crippen molar-refractivity contribution in [1.29, 1.82) is 0 Å². The van der Waals surface area contributed by atoms with Gasteiger partial charge in [-0.25, -0.2) is 4.39 Å². The number of aryl methyl sites for hydroxylation is 1. The van der Waals surface area contributed by atoms with Gasteiger partial charge >= 0.3 is 0 Å². The summed E-state index contributed by atoms with van der Waals surface area (Å²) in [4.78, 5) is 0. The SMILES string of the molecule is Cc1cc(CN)cc2c(F)cccc12. The predicted octanol–water partition coefficient (Wildman–Crippen LogP) is 2.75. The molecule has 0 spiro atoms. The van der Waals surface area contributed by atoms with Gasteiger partial charge in [0.1, 0.15) is 5.82 Å². The van der Waals surface area contributed by atoms with Crippen LogP contribution < -0.4 is 5.73 Å². The summed E-state index contributed by atoms with van der Waals surface area (Å²) in [5, 5.41) is 1.62. The molecule has 2 aromatic carbocycles. The molecule has 0 aliphatic heterocycles. The Morgan fingerprint density at radius 2 is 2.00 bits per heavy atom. The zero-order valence-corrected chi connectivity index (χ0v) is 8.05. The molecular weight excluding hydrogens is 177 g/mol. The molecule has 14 heavy (non-hydrogen) atoms. The number of hydrogen-bond acceptors (Lipinski definition) is 1. The van der Waals surface area contributed by atoms with Crippen LogP contribution >= 0.6 is 0 Å². The summed E-state index contributed by atoms with van der Waals surface area (Å²) in [6, 6.07) is 8.95. The molecule has 0 bridgehead atoms. The third-order valence-electron chi connectivity index (χ3n) is 2.45. The standard InChI is InChI=1S/C12H12FN/c1-8-5-9(7-14)6-11-10(8)3-2-4-12(11)13/h2-6H,7,14H2,1H3. The summed E-state index contributed by atoms with van der Waals surface area (Å²) in [6.45, 7) is 2.42. The van der Waals surface area contributed by atoms with E-state index in [4.69, 9.17) is 5.73 Å². The van der Waals surface area contributed by atoms with Gasteiger partial charge in [-0.2, -0.15) is 0 Å². The molecule has 2 N–H and O–H groups in total. The Hall–Kier alpha value is -1.41. The van der Waals surface area contributed by atoms with Crippen molar-refractivity contribution in [2.24, 2.45) is 5.73 Å². The minimum absolute atomic E-state index is 0.180. The van der Waals surface area contributed by atoms with Crippen LogP contribution in [0.25, 0.3) is 10.8 Å². The van der Waals surface area contributed by atoms with Gasteiger partial charge in [0.15, 0.2) is 0 Å². The Labute approximate surface area is 82.3 Å². The molecule has 0 aromatic heterocycles. The second kappa shape index (κ2) is 3.39. The van der Waals surface area contributed by atoms with E-state index in [1.54, 1.807) is 6.07 Å². The lowest BCUT2D eigenvalue weighted by Crippen LogP contribution is -1.97. The fourth-order valence-electron chi connectivity index (χ4n) is 1.73. The molecule has 0 amide bonds. The Balaban J connectivity index is 2.83. The van der Waals surface area contributed by atoms with Crippen LogP contribution in [0.2, 0.25) is 0 Å². The van der Waals surface area contributed by atoms with Crippen LogP contribution in [0.4, 0.5) is 4.39 Å². The number of benzene rings is 2. The van der Waals surface area contributed by atoms with E-state index in [0.717, 1.165) is 16.5 Å². The van der Waals surface area contributed by atoms with E-state index in [0.29, 0.717) is 11.9 Å². The molecule has 2 rings (SSSR count). The molecule has 0 radical (unpaired) electrons. The van der Waals surface area contributed by atoms with Gasteiger partial charge in [0, 0.05) is 11.9 Å². The molecule has 2 aromatic rings. The molecule has 2 heteroatoms. The summed E-state index contributed by atoms with van der Waals surface area (Å²) in [5.74, 6) is -0.180. The molecule has 0 saturated carbocycles. The summed E-state index contributed by atoms with van der Waals surface area (Å²) >= 11 is 0. The first kappa shape index (κ1) is 9.16. The van der Waals surface area contributed by atoms with Crippen LogP contribution in [-0.4, -0.2) is 0 Å². The zero-order valence-electron chi connectivity index (χ0n) is 8.05. The highest BCUT2D eigenvalue weighted by atomic mass is 19.1. The normalized spacial score (nSPS) is 10.8. The zero-order chi connectivity index (χ0) is 10.1. The highest BCUT2D eigenvalue weighted by molar-refractivity contribution is 5.86. The molecule has 1 nitrogen and oxygen atoms in total. The Morgan fingerprint density at radius 3 is 2.71 bits per heavy atom. The van der Waals surface area contributed by atoms with Crippen molar-refractivity contribution >= 4 is 10.8 Å². The van der Waals surface area contributed by atoms with Gasteiger partial charge in [-0.05, 0) is 35.6 Å². The molecular formula is C12H12FN. The maximum Gasteiger partial charge on any atom is 0.131 e. The van der Waals surface area contributed by atoms with Gasteiger partial charge in [0.2, 0.25) is 0 Å². The van der Waals surface area contributed by atoms with Crippen LogP contribution in [0, 0.1) is 12.7 Å². The minimum Gasteiger partial charge on any atom is -0.326 e. The molecule has 0 saturated heterocycles. The summed E-state index contributed by atoms with van der Waals surface area (Å²) in [7, 11) is 0. The quantitative estimate of drug-likeness (QED) is 0.733. The summed E-state index contributed by atoms with van der Waals surface area (Å²) in [5.41, 5.74) is 7.58. The van der Waals surface area contributed by atoms with Gasteiger partial charge in [-0.1, -0.05) is 18.2 Å². The van der Waals surface area contributed by atoms with E-state index < -0.39 is 0 Å². The van der Waals surface area contributed by atoms with Crippen molar-refractivity contribution in [1.82, 2.24) is 0 Å². The third-order valence-corrected chi connectivity index (χ3v) is 2.45. The van der Waals surface area contributed by atoms with Gasteiger partial charge in [0.05, 0.1) is 0 Å². The van der Waals surface area contributed by atoms with Crippen molar-refractivity contribution in [3.63, 3.8) is 0 Å². The van der Waals surface area contributed by atoms with E-state index >= 15 is 0 Å². The first-order chi connectivity index (χ1) is 6.72. The lowest BCUT2D eigenvalue weighted by Gasteiger charge is -2.06. The molecule has 0 heterocycles. The van der Waals surface area contributed by atoms with Crippen molar-refractivity contribution < 1.29 is 4.39 Å². The molecule has 0 aliphatic rings. The Bertz CT molecular complexity index is 477. The predicted molar refractivity (Wildman–Crippen MR) is 56.5 cm³/mol. The fourth-order valence-corrected chi connectivity index (χ4v) is 1.73. The molecule has 0 atom stereocenters. The highest BCUT2D eigenvalue weighted by Gasteiger charge is 2.03. The third kappa shape index (κ3) is 1.38. The molecule has 72 valence electrons. The summed E-state index contributed by atoms with van der Waals surface area (Å²) in [6.07, 6.45) is 0. The molecule has 0 fully saturated rings. The molecule has 0 aliphatic carbocycles. The van der Waals surface area contributed by atoms with E-state index in [1.165, 1.54) is 6.07 Å². The minimum atomic E-state index is -0.180. The fraction of sp³-hybridized carbons (Fsp3) is 0.167. The topological polar surface area (TPSA) is 26.0 Å². The van der Waals surface area contributed by atoms with Gasteiger partial charge in [-0.15, -0.1) is 0 Å². The number of nitrogens with two attached hydrogens (primary N) is 1. The summed E-state index contributed by atoms with van der Waals surface area (Å²) < 4.78 is 13.4. The van der Waals surface area contributed by atoms with E-state index in [2.05, 4.69) is 0 Å². The average molecular weight is 189 g/mol. The van der Waals surface area contributed by atoms with E-state index in [1.807, 2.05) is 25.1 Å². The Kier molecular flexibility index (Phi) is 2.22. The molecule has 0 unspecified atom stereocenters. The van der Waals surface area contributed by atoms with Crippen LogP contribution in [0.1, 0.15) is 11.1 Å². The first-order valence-electron chi connectivity index (χ1n) is 4.60. The van der Waals surface area contributed by atoms with E-state index in [-0.39, 0.29) is 5.82 Å². The monoisotopic (exact) mass is 189 g/mol. The van der Waals surface area contributed by atoms with Crippen molar-refractivity contribution in [2.75, 3.05) is 0 Å². The maximum atomic E-state index is 13.4. The van der Waals surface area contributed by atoms with Gasteiger partial charge in [0.25, 0.3) is 0 Å². The number of halogens is 1. The van der Waals surface area contributed by atoms with Crippen LogP contribution in [0.5, 0.6) is 0 Å². The van der Waals surface area contributed by atoms with Gasteiger partial charge < -0.3 is 5.73 Å². The lowest BCUT2D eigenvalue weighted by molar-refractivity contribution is 0.639. The average Bonchev–Trinajstić information content (AvgIpc) is 2.19. The number of fused-ring (bicyclic) bond motifs is 1. The van der Waals surface area contributed by atoms with Crippen LogP contribution in [-0.2, 0) is 6.54 Å². The van der Waals surface area contributed by atoms with Crippen LogP contribution in [0.3, 0.4) is 0 Å². The largest absolute Gasteiger partial charge is 0.326 e. The number of hydrogen-bond donors (Lipinski definition) is 1. The lowest BCUT2D eigenvalue weighted by atomic mass is 10.0. The maximum absolute atomic E-state index is 13.4. The van der Waals surface area contributed by atoms with Crippen molar-refractivity contribution in [3.8, 4) is 0 Å². The second-order valence-corrected chi connectivity index (χ2v) is 3.45. The first-order valence-corrected chi connectivity index (χ1v) is 4.60. The van der Waals surface area contributed by atoms with E-state index in [9.17, 15) is 4.39 Å². The number of rotatable bonds is 1.